The first kappa shape index (κ1) is 15.8. The van der Waals surface area contributed by atoms with E-state index >= 15 is 0 Å². The molecule has 0 amide bonds. The molecule has 0 saturated carbocycles. The lowest BCUT2D eigenvalue weighted by atomic mass is 10.1. The fourth-order valence-electron chi connectivity index (χ4n) is 2.59. The van der Waals surface area contributed by atoms with Crippen molar-refractivity contribution in [1.29, 1.82) is 5.41 Å². The lowest BCUT2D eigenvalue weighted by Gasteiger charge is -2.25. The van der Waals surface area contributed by atoms with E-state index in [0.717, 1.165) is 22.6 Å². The van der Waals surface area contributed by atoms with Crippen LogP contribution < -0.4 is 4.90 Å². The van der Waals surface area contributed by atoms with Crippen LogP contribution in [-0.2, 0) is 4.74 Å². The molecule has 0 heterocycles. The number of benzene rings is 3. The van der Waals surface area contributed by atoms with E-state index < -0.39 is 0 Å². The average Bonchev–Trinajstić information content (AvgIpc) is 2.64. The highest BCUT2D eigenvalue weighted by molar-refractivity contribution is 5.92. The summed E-state index contributed by atoms with van der Waals surface area (Å²) in [6.45, 7) is 2.39. The fourth-order valence-corrected chi connectivity index (χ4v) is 2.59. The molecule has 0 unspecified atom stereocenters. The van der Waals surface area contributed by atoms with Gasteiger partial charge in [-0.05, 0) is 55.5 Å². The zero-order chi connectivity index (χ0) is 16.8. The van der Waals surface area contributed by atoms with Gasteiger partial charge in [-0.25, -0.2) is 0 Å². The molecule has 1 N–H and O–H groups in total. The molecule has 3 nitrogen and oxygen atoms in total. The second-order valence-electron chi connectivity index (χ2n) is 5.32. The number of nitrogens with one attached hydrogen (secondary N) is 1. The molecule has 24 heavy (non-hydrogen) atoms. The number of hydrogen-bond donors (Lipinski definition) is 1. The Morgan fingerprint density at radius 3 is 1.67 bits per heavy atom. The first-order valence-electron chi connectivity index (χ1n) is 8.01. The van der Waals surface area contributed by atoms with Gasteiger partial charge >= 0.3 is 0 Å². The standard InChI is InChI=1S/C21H20N2O/c1-2-24-21(22)17-13-15-20(16-14-17)23(18-9-5-3-6-10-18)19-11-7-4-8-12-19/h3-16,22H,2H2,1H3. The van der Waals surface area contributed by atoms with E-state index in [-0.39, 0.29) is 5.90 Å². The normalized spacial score (nSPS) is 10.2. The summed E-state index contributed by atoms with van der Waals surface area (Å²) in [5, 5.41) is 7.90. The van der Waals surface area contributed by atoms with Crippen LogP contribution in [0.25, 0.3) is 0 Å². The van der Waals surface area contributed by atoms with Crippen LogP contribution in [0.5, 0.6) is 0 Å². The number of anilines is 3. The molecule has 0 aliphatic rings. The molecule has 0 atom stereocenters. The van der Waals surface area contributed by atoms with Crippen LogP contribution in [0.1, 0.15) is 12.5 Å². The Morgan fingerprint density at radius 1 is 0.750 bits per heavy atom. The van der Waals surface area contributed by atoms with E-state index in [1.165, 1.54) is 0 Å². The summed E-state index contributed by atoms with van der Waals surface area (Å²) in [4.78, 5) is 2.19. The van der Waals surface area contributed by atoms with Gasteiger partial charge in [-0.3, -0.25) is 5.41 Å². The molecule has 0 aromatic heterocycles. The van der Waals surface area contributed by atoms with Gasteiger partial charge in [0.25, 0.3) is 0 Å². The van der Waals surface area contributed by atoms with Gasteiger partial charge in [-0.1, -0.05) is 36.4 Å². The molecule has 3 aromatic rings. The molecule has 0 fully saturated rings. The lowest BCUT2D eigenvalue weighted by Crippen LogP contribution is -2.10. The topological polar surface area (TPSA) is 36.3 Å². The van der Waals surface area contributed by atoms with E-state index in [4.69, 9.17) is 10.1 Å². The van der Waals surface area contributed by atoms with E-state index in [1.54, 1.807) is 0 Å². The van der Waals surface area contributed by atoms with Crippen molar-refractivity contribution in [3.05, 3.63) is 90.5 Å². The molecule has 120 valence electrons. The third kappa shape index (κ3) is 3.46. The van der Waals surface area contributed by atoms with E-state index in [0.29, 0.717) is 6.61 Å². The molecule has 0 radical (unpaired) electrons. The summed E-state index contributed by atoms with van der Waals surface area (Å²) < 4.78 is 5.27. The predicted molar refractivity (Wildman–Crippen MR) is 99.6 cm³/mol. The largest absolute Gasteiger partial charge is 0.478 e. The highest BCUT2D eigenvalue weighted by atomic mass is 16.5. The second-order valence-corrected chi connectivity index (χ2v) is 5.32. The summed E-state index contributed by atoms with van der Waals surface area (Å²) >= 11 is 0. The minimum atomic E-state index is 0.204. The van der Waals surface area contributed by atoms with Gasteiger partial charge in [0, 0.05) is 22.6 Å². The monoisotopic (exact) mass is 316 g/mol. The Labute approximate surface area is 142 Å². The van der Waals surface area contributed by atoms with Crippen molar-refractivity contribution in [2.24, 2.45) is 0 Å². The molecule has 3 aromatic carbocycles. The van der Waals surface area contributed by atoms with Crippen molar-refractivity contribution in [1.82, 2.24) is 0 Å². The van der Waals surface area contributed by atoms with Crippen molar-refractivity contribution < 1.29 is 4.74 Å². The number of rotatable bonds is 5. The van der Waals surface area contributed by atoms with Gasteiger partial charge < -0.3 is 9.64 Å². The maximum atomic E-state index is 7.90. The summed E-state index contributed by atoms with van der Waals surface area (Å²) in [6.07, 6.45) is 0. The highest BCUT2D eigenvalue weighted by Gasteiger charge is 2.12. The molecular formula is C21H20N2O. The Hall–Kier alpha value is -3.07. The quantitative estimate of drug-likeness (QED) is 0.497. The van der Waals surface area contributed by atoms with Crippen LogP contribution in [0.15, 0.2) is 84.9 Å². The summed E-state index contributed by atoms with van der Waals surface area (Å²) in [5.41, 5.74) is 4.01. The van der Waals surface area contributed by atoms with Crippen LogP contribution in [0.4, 0.5) is 17.1 Å². The van der Waals surface area contributed by atoms with Crippen molar-refractivity contribution in [2.75, 3.05) is 11.5 Å². The molecular weight excluding hydrogens is 296 g/mol. The molecule has 0 aliphatic heterocycles. The first-order chi connectivity index (χ1) is 11.8. The molecule has 0 bridgehead atoms. The second kappa shape index (κ2) is 7.47. The van der Waals surface area contributed by atoms with Gasteiger partial charge in [0.15, 0.2) is 0 Å². The van der Waals surface area contributed by atoms with Crippen molar-refractivity contribution in [3.63, 3.8) is 0 Å². The van der Waals surface area contributed by atoms with Crippen LogP contribution in [0, 0.1) is 5.41 Å². The molecule has 0 aliphatic carbocycles. The van der Waals surface area contributed by atoms with Gasteiger partial charge in [0.05, 0.1) is 6.61 Å². The van der Waals surface area contributed by atoms with Gasteiger partial charge in [-0.15, -0.1) is 0 Å². The number of hydrogen-bond acceptors (Lipinski definition) is 3. The fraction of sp³-hybridized carbons (Fsp3) is 0.0952. The Bertz CT molecular complexity index is 744. The number of ether oxygens (including phenoxy) is 1. The minimum absolute atomic E-state index is 0.204. The number of nitrogens with zero attached hydrogens (tertiary/aromatic N) is 1. The van der Waals surface area contributed by atoms with Crippen LogP contribution >= 0.6 is 0 Å². The van der Waals surface area contributed by atoms with Crippen LogP contribution in [0.3, 0.4) is 0 Å². The van der Waals surface area contributed by atoms with E-state index in [9.17, 15) is 0 Å². The van der Waals surface area contributed by atoms with E-state index in [2.05, 4.69) is 29.2 Å². The van der Waals surface area contributed by atoms with Gasteiger partial charge in [-0.2, -0.15) is 0 Å². The Kier molecular flexibility index (Phi) is 4.92. The Balaban J connectivity index is 1.99. The maximum absolute atomic E-state index is 7.90. The minimum Gasteiger partial charge on any atom is -0.478 e. The molecule has 0 saturated heterocycles. The van der Waals surface area contributed by atoms with Crippen molar-refractivity contribution in [3.8, 4) is 0 Å². The van der Waals surface area contributed by atoms with Crippen molar-refractivity contribution in [2.45, 2.75) is 6.92 Å². The van der Waals surface area contributed by atoms with Crippen LogP contribution in [0.2, 0.25) is 0 Å². The predicted octanol–water partition coefficient (Wildman–Crippen LogP) is 5.52. The van der Waals surface area contributed by atoms with Gasteiger partial charge in [0.2, 0.25) is 5.90 Å². The molecule has 3 rings (SSSR count). The highest BCUT2D eigenvalue weighted by Crippen LogP contribution is 2.33. The summed E-state index contributed by atoms with van der Waals surface area (Å²) in [6, 6.07) is 28.4. The third-order valence-corrected chi connectivity index (χ3v) is 3.71. The summed E-state index contributed by atoms with van der Waals surface area (Å²) in [7, 11) is 0. The maximum Gasteiger partial charge on any atom is 0.213 e. The van der Waals surface area contributed by atoms with Crippen LogP contribution in [-0.4, -0.2) is 12.5 Å². The van der Waals surface area contributed by atoms with Crippen molar-refractivity contribution >= 4 is 23.0 Å². The lowest BCUT2D eigenvalue weighted by molar-refractivity contribution is 0.325. The average molecular weight is 316 g/mol. The zero-order valence-corrected chi connectivity index (χ0v) is 13.6. The summed E-state index contributed by atoms with van der Waals surface area (Å²) in [5.74, 6) is 0.204. The first-order valence-corrected chi connectivity index (χ1v) is 8.01. The zero-order valence-electron chi connectivity index (χ0n) is 13.6. The molecule has 0 spiro atoms. The number of para-hydroxylation sites is 2. The van der Waals surface area contributed by atoms with Gasteiger partial charge in [0.1, 0.15) is 0 Å². The smallest absolute Gasteiger partial charge is 0.213 e. The Morgan fingerprint density at radius 2 is 1.21 bits per heavy atom. The SMILES string of the molecule is CCOC(=N)c1ccc(N(c2ccccc2)c2ccccc2)cc1. The molecule has 3 heteroatoms. The van der Waals surface area contributed by atoms with E-state index in [1.807, 2.05) is 67.6 Å². The third-order valence-electron chi connectivity index (χ3n) is 3.71.